The van der Waals surface area contributed by atoms with Crippen molar-refractivity contribution >= 4 is 17.5 Å². The van der Waals surface area contributed by atoms with E-state index in [0.29, 0.717) is 31.9 Å². The van der Waals surface area contributed by atoms with E-state index in [-0.39, 0.29) is 23.7 Å². The zero-order chi connectivity index (χ0) is 21.0. The number of pyridine rings is 1. The molecular weight excluding hydrogens is 383 g/mol. The van der Waals surface area contributed by atoms with Gasteiger partial charge in [0.05, 0.1) is 24.2 Å². The van der Waals surface area contributed by atoms with Crippen molar-refractivity contribution in [1.29, 1.82) is 0 Å². The summed E-state index contributed by atoms with van der Waals surface area (Å²) in [7, 11) is 0. The number of rotatable bonds is 3. The highest BCUT2D eigenvalue weighted by atomic mass is 19.1. The molecule has 2 aromatic rings. The molecule has 7 nitrogen and oxygen atoms in total. The lowest BCUT2D eigenvalue weighted by Gasteiger charge is -2.34. The van der Waals surface area contributed by atoms with E-state index in [0.717, 1.165) is 41.6 Å². The van der Waals surface area contributed by atoms with Crippen molar-refractivity contribution in [1.82, 2.24) is 19.9 Å². The predicted molar refractivity (Wildman–Crippen MR) is 112 cm³/mol. The Labute approximate surface area is 175 Å². The summed E-state index contributed by atoms with van der Waals surface area (Å²) in [6.07, 6.45) is 3.55. The molecule has 2 aromatic heterocycles. The lowest BCUT2D eigenvalue weighted by molar-refractivity contribution is -0.137. The summed E-state index contributed by atoms with van der Waals surface area (Å²) in [5.74, 6) is 1.72. The van der Waals surface area contributed by atoms with Gasteiger partial charge in [-0.2, -0.15) is 0 Å². The maximum absolute atomic E-state index is 14.4. The molecule has 30 heavy (non-hydrogen) atoms. The Morgan fingerprint density at radius 3 is 2.63 bits per heavy atom. The Morgan fingerprint density at radius 2 is 1.93 bits per heavy atom. The minimum absolute atomic E-state index is 0.0491. The van der Waals surface area contributed by atoms with Crippen LogP contribution in [0.15, 0.2) is 12.3 Å². The predicted octanol–water partition coefficient (Wildman–Crippen LogP) is 2.77. The summed E-state index contributed by atoms with van der Waals surface area (Å²) in [6.45, 7) is 9.48. The van der Waals surface area contributed by atoms with Crippen molar-refractivity contribution in [2.24, 2.45) is 5.92 Å². The van der Waals surface area contributed by atoms with Crippen LogP contribution in [0.1, 0.15) is 48.5 Å². The fourth-order valence-electron chi connectivity index (χ4n) is 4.81. The Hall–Kier alpha value is -2.77. The fourth-order valence-corrected chi connectivity index (χ4v) is 4.81. The summed E-state index contributed by atoms with van der Waals surface area (Å²) >= 11 is 0. The lowest BCUT2D eigenvalue weighted by Crippen LogP contribution is -2.39. The maximum Gasteiger partial charge on any atom is 0.228 e. The third-order valence-electron chi connectivity index (χ3n) is 6.56. The molecule has 158 valence electrons. The lowest BCUT2D eigenvalue weighted by atomic mass is 10.1. The zero-order valence-electron chi connectivity index (χ0n) is 17.7. The van der Waals surface area contributed by atoms with E-state index >= 15 is 0 Å². The molecule has 0 aliphatic carbocycles. The number of nitrogens with zero attached hydrogens (tertiary/aromatic N) is 6. The van der Waals surface area contributed by atoms with Gasteiger partial charge >= 0.3 is 0 Å². The smallest absolute Gasteiger partial charge is 0.228 e. The van der Waals surface area contributed by atoms with E-state index in [4.69, 9.17) is 4.98 Å². The van der Waals surface area contributed by atoms with Crippen LogP contribution in [-0.4, -0.2) is 51.9 Å². The van der Waals surface area contributed by atoms with Crippen LogP contribution in [0, 0.1) is 25.6 Å². The molecule has 0 spiro atoms. The third-order valence-corrected chi connectivity index (χ3v) is 6.56. The van der Waals surface area contributed by atoms with Gasteiger partial charge in [0.2, 0.25) is 5.91 Å². The van der Waals surface area contributed by atoms with E-state index in [1.54, 1.807) is 6.20 Å². The number of hydrogen-bond acceptors (Lipinski definition) is 6. The minimum Gasteiger partial charge on any atom is -0.356 e. The molecule has 0 bridgehead atoms. The van der Waals surface area contributed by atoms with Crippen molar-refractivity contribution in [2.75, 3.05) is 36.0 Å². The van der Waals surface area contributed by atoms with Gasteiger partial charge in [-0.15, -0.1) is 0 Å². The molecule has 5 rings (SSSR count). The second-order valence-electron chi connectivity index (χ2n) is 8.69. The monoisotopic (exact) mass is 410 g/mol. The molecule has 3 aliphatic rings. The number of fused-ring (bicyclic) bond motifs is 1. The summed E-state index contributed by atoms with van der Waals surface area (Å²) in [5.41, 5.74) is 2.85. The first kappa shape index (κ1) is 19.2. The normalized spacial score (nSPS) is 23.0. The number of carbonyl (C=O) groups excluding carboxylic acids is 1. The molecule has 2 saturated heterocycles. The topological polar surface area (TPSA) is 65.5 Å². The first-order chi connectivity index (χ1) is 14.4. The SMILES string of the molecule is Cc1cnc(N2CC[C@@H](C(=O)N3Cc4nc(C)nc(N5CCC5)c4[C@H]3C)C2)c(F)c1. The molecule has 2 atom stereocenters. The van der Waals surface area contributed by atoms with Crippen molar-refractivity contribution in [2.45, 2.75) is 46.2 Å². The molecule has 0 N–H and O–H groups in total. The van der Waals surface area contributed by atoms with Crippen LogP contribution in [0.4, 0.5) is 16.0 Å². The Bertz CT molecular complexity index is 1010. The highest BCUT2D eigenvalue weighted by Gasteiger charge is 2.41. The largest absolute Gasteiger partial charge is 0.356 e. The van der Waals surface area contributed by atoms with Crippen molar-refractivity contribution in [3.8, 4) is 0 Å². The van der Waals surface area contributed by atoms with Crippen LogP contribution in [0.3, 0.4) is 0 Å². The second kappa shape index (κ2) is 7.18. The zero-order valence-corrected chi connectivity index (χ0v) is 17.7. The first-order valence-corrected chi connectivity index (χ1v) is 10.7. The van der Waals surface area contributed by atoms with E-state index < -0.39 is 0 Å². The molecule has 3 aliphatic heterocycles. The van der Waals surface area contributed by atoms with E-state index in [2.05, 4.69) is 21.8 Å². The first-order valence-electron chi connectivity index (χ1n) is 10.7. The van der Waals surface area contributed by atoms with Crippen LogP contribution >= 0.6 is 0 Å². The second-order valence-corrected chi connectivity index (χ2v) is 8.69. The molecule has 0 saturated carbocycles. The summed E-state index contributed by atoms with van der Waals surface area (Å²) in [6, 6.07) is 1.45. The highest BCUT2D eigenvalue weighted by Crippen LogP contribution is 2.40. The highest BCUT2D eigenvalue weighted by molar-refractivity contribution is 5.82. The van der Waals surface area contributed by atoms with Crippen LogP contribution in [0.2, 0.25) is 0 Å². The summed E-state index contributed by atoms with van der Waals surface area (Å²) < 4.78 is 14.4. The van der Waals surface area contributed by atoms with Gasteiger partial charge in [-0.05, 0) is 45.2 Å². The van der Waals surface area contributed by atoms with Gasteiger partial charge in [-0.1, -0.05) is 0 Å². The molecule has 5 heterocycles. The van der Waals surface area contributed by atoms with Crippen LogP contribution in [-0.2, 0) is 11.3 Å². The minimum atomic E-state index is -0.324. The van der Waals surface area contributed by atoms with Crippen LogP contribution < -0.4 is 9.80 Å². The number of anilines is 2. The van der Waals surface area contributed by atoms with Gasteiger partial charge in [0.15, 0.2) is 11.6 Å². The van der Waals surface area contributed by atoms with E-state index in [1.807, 2.05) is 23.6 Å². The number of amides is 1. The average molecular weight is 410 g/mol. The molecule has 0 radical (unpaired) electrons. The Morgan fingerprint density at radius 1 is 1.13 bits per heavy atom. The molecule has 0 unspecified atom stereocenters. The number of aryl methyl sites for hydroxylation is 2. The number of carbonyl (C=O) groups is 1. The van der Waals surface area contributed by atoms with Crippen molar-refractivity contribution in [3.63, 3.8) is 0 Å². The van der Waals surface area contributed by atoms with Gasteiger partial charge in [-0.3, -0.25) is 4.79 Å². The molecule has 2 fully saturated rings. The van der Waals surface area contributed by atoms with Gasteiger partial charge in [0, 0.05) is 37.9 Å². The molecule has 8 heteroatoms. The average Bonchev–Trinajstić information content (AvgIpc) is 3.25. The maximum atomic E-state index is 14.4. The van der Waals surface area contributed by atoms with Crippen LogP contribution in [0.25, 0.3) is 0 Å². The third kappa shape index (κ3) is 3.09. The Balaban J connectivity index is 1.34. The number of aromatic nitrogens is 3. The van der Waals surface area contributed by atoms with Gasteiger partial charge in [-0.25, -0.2) is 19.3 Å². The summed E-state index contributed by atoms with van der Waals surface area (Å²) in [5, 5.41) is 0. The van der Waals surface area contributed by atoms with Gasteiger partial charge < -0.3 is 14.7 Å². The van der Waals surface area contributed by atoms with Gasteiger partial charge in [0.1, 0.15) is 11.6 Å². The fraction of sp³-hybridized carbons (Fsp3) is 0.545. The number of halogens is 1. The van der Waals surface area contributed by atoms with Crippen molar-refractivity contribution in [3.05, 3.63) is 40.7 Å². The van der Waals surface area contributed by atoms with E-state index in [1.165, 1.54) is 12.5 Å². The van der Waals surface area contributed by atoms with Gasteiger partial charge in [0.25, 0.3) is 0 Å². The molecular formula is C22H27FN6O. The van der Waals surface area contributed by atoms with Crippen LogP contribution in [0.5, 0.6) is 0 Å². The summed E-state index contributed by atoms with van der Waals surface area (Å²) in [4.78, 5) is 33.1. The Kier molecular flexibility index (Phi) is 4.60. The van der Waals surface area contributed by atoms with E-state index in [9.17, 15) is 9.18 Å². The van der Waals surface area contributed by atoms with Crippen molar-refractivity contribution < 1.29 is 9.18 Å². The standard InChI is InChI=1S/C22H27FN6O/c1-13-9-17(23)20(24-10-13)28-8-5-16(11-28)22(30)29-12-18-19(14(29)2)21(26-15(3)25-18)27-6-4-7-27/h9-10,14,16H,4-8,11-12H2,1-3H3/t14-,16-/m1/s1. The molecule has 1 amide bonds. The quantitative estimate of drug-likeness (QED) is 0.775. The number of hydrogen-bond donors (Lipinski definition) is 0. The molecule has 0 aromatic carbocycles.